The molecule has 0 unspecified atom stereocenters. The number of amides is 3. The summed E-state index contributed by atoms with van der Waals surface area (Å²) in [7, 11) is 0. The smallest absolute Gasteiger partial charge is 0.266 e. The van der Waals surface area contributed by atoms with Gasteiger partial charge in [-0.2, -0.15) is 0 Å². The molecule has 1 heterocycles. The highest BCUT2D eigenvalue weighted by atomic mass is 16.5. The molecular formula is C28H20N2O4. The van der Waals surface area contributed by atoms with E-state index in [1.165, 1.54) is 0 Å². The number of hydrogen-bond donors (Lipinski definition) is 1. The Morgan fingerprint density at radius 2 is 1.38 bits per heavy atom. The van der Waals surface area contributed by atoms with Crippen molar-refractivity contribution in [3.63, 3.8) is 0 Å². The quantitative estimate of drug-likeness (QED) is 0.405. The van der Waals surface area contributed by atoms with Crippen LogP contribution in [0.25, 0.3) is 0 Å². The predicted octanol–water partition coefficient (Wildman–Crippen LogP) is 5.32. The zero-order valence-corrected chi connectivity index (χ0v) is 18.1. The lowest BCUT2D eigenvalue weighted by Crippen LogP contribution is -2.29. The molecule has 0 saturated heterocycles. The third-order valence-electron chi connectivity index (χ3n) is 5.52. The van der Waals surface area contributed by atoms with Gasteiger partial charge in [-0.25, -0.2) is 4.90 Å². The Morgan fingerprint density at radius 3 is 2.06 bits per heavy atom. The molecular weight excluding hydrogens is 428 g/mol. The highest BCUT2D eigenvalue weighted by Crippen LogP contribution is 2.29. The number of ether oxygens (including phenoxy) is 1. The molecule has 0 bridgehead atoms. The molecule has 0 saturated carbocycles. The molecule has 0 aromatic heterocycles. The van der Waals surface area contributed by atoms with E-state index in [4.69, 9.17) is 4.74 Å². The molecule has 0 spiro atoms. The van der Waals surface area contributed by atoms with Gasteiger partial charge in [0, 0.05) is 11.3 Å². The summed E-state index contributed by atoms with van der Waals surface area (Å²) in [6.45, 7) is 0.397. The Bertz CT molecular complexity index is 1350. The van der Waals surface area contributed by atoms with Crippen LogP contribution in [0.4, 0.5) is 11.4 Å². The van der Waals surface area contributed by atoms with E-state index >= 15 is 0 Å². The number of nitrogens with zero attached hydrogens (tertiary/aromatic N) is 1. The Morgan fingerprint density at radius 1 is 0.735 bits per heavy atom. The molecule has 0 radical (unpaired) electrons. The Hall–Kier alpha value is -4.71. The fraction of sp³-hybridized carbons (Fsp3) is 0.0357. The van der Waals surface area contributed by atoms with E-state index in [2.05, 4.69) is 5.32 Å². The molecule has 0 atom stereocenters. The second-order valence-corrected chi connectivity index (χ2v) is 7.79. The van der Waals surface area contributed by atoms with Crippen molar-refractivity contribution in [1.82, 2.24) is 0 Å². The maximum Gasteiger partial charge on any atom is 0.266 e. The number of rotatable bonds is 6. The fourth-order valence-corrected chi connectivity index (χ4v) is 3.79. The second kappa shape index (κ2) is 9.03. The first kappa shape index (κ1) is 21.2. The zero-order chi connectivity index (χ0) is 23.5. The first-order chi connectivity index (χ1) is 16.6. The first-order valence-corrected chi connectivity index (χ1v) is 10.8. The summed E-state index contributed by atoms with van der Waals surface area (Å²) >= 11 is 0. The van der Waals surface area contributed by atoms with E-state index < -0.39 is 0 Å². The van der Waals surface area contributed by atoms with E-state index in [9.17, 15) is 14.4 Å². The molecule has 166 valence electrons. The molecule has 0 fully saturated rings. The number of imide groups is 1. The Labute approximate surface area is 196 Å². The minimum atomic E-state index is -0.377. The molecule has 5 rings (SSSR count). The van der Waals surface area contributed by atoms with E-state index in [1.54, 1.807) is 60.7 Å². The zero-order valence-electron chi connectivity index (χ0n) is 18.1. The van der Waals surface area contributed by atoms with Gasteiger partial charge in [0.2, 0.25) is 0 Å². The van der Waals surface area contributed by atoms with Crippen LogP contribution in [0.15, 0.2) is 103 Å². The summed E-state index contributed by atoms with van der Waals surface area (Å²) in [5, 5.41) is 2.83. The van der Waals surface area contributed by atoms with Crippen molar-refractivity contribution in [2.75, 3.05) is 10.2 Å². The highest BCUT2D eigenvalue weighted by molar-refractivity contribution is 6.34. The number of anilines is 2. The standard InChI is InChI=1S/C28H20N2O4/c31-26(20-15-13-19(14-16-20)18-34-23-9-2-1-3-10-23)29-21-7-6-8-22(17-21)30-27(32)24-11-4-5-12-25(24)28(30)33/h1-17H,18H2,(H,29,31). The average molecular weight is 448 g/mol. The summed E-state index contributed by atoms with van der Waals surface area (Å²) in [6.07, 6.45) is 0. The van der Waals surface area contributed by atoms with E-state index in [-0.39, 0.29) is 17.7 Å². The highest BCUT2D eigenvalue weighted by Gasteiger charge is 2.36. The minimum absolute atomic E-state index is 0.296. The van der Waals surface area contributed by atoms with Crippen molar-refractivity contribution in [3.8, 4) is 5.75 Å². The first-order valence-electron chi connectivity index (χ1n) is 10.8. The van der Waals surface area contributed by atoms with Crippen LogP contribution in [-0.2, 0) is 6.61 Å². The van der Waals surface area contributed by atoms with E-state index in [0.29, 0.717) is 34.7 Å². The number of hydrogen-bond acceptors (Lipinski definition) is 4. The van der Waals surface area contributed by atoms with Crippen LogP contribution in [0.1, 0.15) is 36.6 Å². The van der Waals surface area contributed by atoms with Crippen molar-refractivity contribution < 1.29 is 19.1 Å². The summed E-state index contributed by atoms with van der Waals surface area (Å²) in [5.41, 5.74) is 3.05. The molecule has 4 aromatic rings. The summed E-state index contributed by atoms with van der Waals surface area (Å²) in [5.74, 6) is -0.271. The van der Waals surface area contributed by atoms with Gasteiger partial charge in [-0.15, -0.1) is 0 Å². The van der Waals surface area contributed by atoms with Gasteiger partial charge in [0.15, 0.2) is 0 Å². The third kappa shape index (κ3) is 4.17. The largest absolute Gasteiger partial charge is 0.489 e. The maximum absolute atomic E-state index is 12.8. The lowest BCUT2D eigenvalue weighted by molar-refractivity contribution is 0.0925. The second-order valence-electron chi connectivity index (χ2n) is 7.79. The monoisotopic (exact) mass is 448 g/mol. The van der Waals surface area contributed by atoms with Gasteiger partial charge >= 0.3 is 0 Å². The van der Waals surface area contributed by atoms with Crippen LogP contribution in [0, 0.1) is 0 Å². The number of para-hydroxylation sites is 1. The number of nitrogens with one attached hydrogen (secondary N) is 1. The Balaban J connectivity index is 1.26. The lowest BCUT2D eigenvalue weighted by Gasteiger charge is -2.15. The van der Waals surface area contributed by atoms with Crippen molar-refractivity contribution in [3.05, 3.63) is 125 Å². The van der Waals surface area contributed by atoms with Gasteiger partial charge < -0.3 is 10.1 Å². The number of benzene rings is 4. The van der Waals surface area contributed by atoms with Gasteiger partial charge in [0.25, 0.3) is 17.7 Å². The molecule has 4 aromatic carbocycles. The molecule has 3 amide bonds. The van der Waals surface area contributed by atoms with Gasteiger partial charge in [-0.3, -0.25) is 14.4 Å². The number of carbonyl (C=O) groups excluding carboxylic acids is 3. The van der Waals surface area contributed by atoms with Gasteiger partial charge in [0.1, 0.15) is 12.4 Å². The molecule has 1 aliphatic heterocycles. The van der Waals surface area contributed by atoms with Crippen molar-refractivity contribution in [1.29, 1.82) is 0 Å². The topological polar surface area (TPSA) is 75.7 Å². The van der Waals surface area contributed by atoms with Crippen LogP contribution in [0.2, 0.25) is 0 Å². The van der Waals surface area contributed by atoms with E-state index in [0.717, 1.165) is 16.2 Å². The SMILES string of the molecule is O=C(Nc1cccc(N2C(=O)c3ccccc3C2=O)c1)c1ccc(COc2ccccc2)cc1. The molecule has 1 N–H and O–H groups in total. The molecule has 6 nitrogen and oxygen atoms in total. The van der Waals surface area contributed by atoms with Crippen LogP contribution in [0.5, 0.6) is 5.75 Å². The molecule has 6 heteroatoms. The van der Waals surface area contributed by atoms with Gasteiger partial charge in [0.05, 0.1) is 16.8 Å². The lowest BCUT2D eigenvalue weighted by atomic mass is 10.1. The minimum Gasteiger partial charge on any atom is -0.489 e. The van der Waals surface area contributed by atoms with Crippen molar-refractivity contribution in [2.24, 2.45) is 0 Å². The average Bonchev–Trinajstić information content (AvgIpc) is 3.14. The third-order valence-corrected chi connectivity index (χ3v) is 5.52. The number of carbonyl (C=O) groups is 3. The van der Waals surface area contributed by atoms with Crippen molar-refractivity contribution in [2.45, 2.75) is 6.61 Å². The Kier molecular flexibility index (Phi) is 5.62. The maximum atomic E-state index is 12.8. The number of fused-ring (bicyclic) bond motifs is 1. The summed E-state index contributed by atoms with van der Waals surface area (Å²) in [4.78, 5) is 39.4. The van der Waals surface area contributed by atoms with Crippen LogP contribution >= 0.6 is 0 Å². The van der Waals surface area contributed by atoms with Crippen LogP contribution in [-0.4, -0.2) is 17.7 Å². The van der Waals surface area contributed by atoms with Crippen LogP contribution < -0.4 is 15.0 Å². The van der Waals surface area contributed by atoms with E-state index in [1.807, 2.05) is 42.5 Å². The normalized spacial score (nSPS) is 12.4. The predicted molar refractivity (Wildman–Crippen MR) is 129 cm³/mol. The molecule has 0 aliphatic carbocycles. The summed E-state index contributed by atoms with van der Waals surface area (Å²) < 4.78 is 5.73. The molecule has 1 aliphatic rings. The van der Waals surface area contributed by atoms with Gasteiger partial charge in [-0.1, -0.05) is 48.5 Å². The fourth-order valence-electron chi connectivity index (χ4n) is 3.79. The van der Waals surface area contributed by atoms with Crippen molar-refractivity contribution >= 4 is 29.1 Å². The summed E-state index contributed by atoms with van der Waals surface area (Å²) in [6, 6.07) is 30.1. The molecule has 34 heavy (non-hydrogen) atoms. The van der Waals surface area contributed by atoms with Gasteiger partial charge in [-0.05, 0) is 60.2 Å². The van der Waals surface area contributed by atoms with Crippen LogP contribution in [0.3, 0.4) is 0 Å².